The van der Waals surface area contributed by atoms with Crippen molar-refractivity contribution >= 4 is 23.3 Å². The van der Waals surface area contributed by atoms with Crippen molar-refractivity contribution in [1.82, 2.24) is 20.4 Å². The van der Waals surface area contributed by atoms with Crippen molar-refractivity contribution in [3.63, 3.8) is 0 Å². The number of aromatic nitrogens is 2. The highest BCUT2D eigenvalue weighted by Gasteiger charge is 2.35. The van der Waals surface area contributed by atoms with Gasteiger partial charge in [0.2, 0.25) is 0 Å². The molecule has 0 saturated carbocycles. The number of hydrogen-bond donors (Lipinski definition) is 2. The lowest BCUT2D eigenvalue weighted by Crippen LogP contribution is -2.45. The van der Waals surface area contributed by atoms with Crippen LogP contribution < -0.4 is 10.6 Å². The third kappa shape index (κ3) is 3.18. The first-order chi connectivity index (χ1) is 13.6. The molecule has 4 rings (SSSR count). The van der Waals surface area contributed by atoms with E-state index in [0.717, 1.165) is 16.1 Å². The van der Waals surface area contributed by atoms with Crippen molar-refractivity contribution in [3.05, 3.63) is 70.9 Å². The molecule has 3 heterocycles. The maximum atomic E-state index is 12.4. The van der Waals surface area contributed by atoms with E-state index < -0.39 is 12.0 Å². The second kappa shape index (κ2) is 7.32. The van der Waals surface area contributed by atoms with Crippen LogP contribution in [0.4, 0.5) is 4.79 Å². The standard InChI is InChI=1S/C20H18N4O3S/c1-12-16(19(25)27-2)18(22-20(26)21-12)14-11-24(13-7-4-3-5-8-13)23-17(14)15-9-6-10-28-15/h3-11,18H,1-2H3,(H2,21,22,26)/t18-/m0/s1. The number of nitrogens with zero attached hydrogens (tertiary/aromatic N) is 2. The number of rotatable bonds is 4. The lowest BCUT2D eigenvalue weighted by atomic mass is 9.95. The average Bonchev–Trinajstić information content (AvgIpc) is 3.37. The van der Waals surface area contributed by atoms with E-state index in [1.807, 2.05) is 54.0 Å². The van der Waals surface area contributed by atoms with Crippen LogP contribution in [0.3, 0.4) is 0 Å². The van der Waals surface area contributed by atoms with Gasteiger partial charge in [-0.25, -0.2) is 14.3 Å². The van der Waals surface area contributed by atoms with Crippen molar-refractivity contribution in [2.24, 2.45) is 0 Å². The third-order valence-electron chi connectivity index (χ3n) is 4.50. The van der Waals surface area contributed by atoms with Crippen LogP contribution in [0.5, 0.6) is 0 Å². The molecule has 3 aromatic rings. The van der Waals surface area contributed by atoms with Gasteiger partial charge in [0.1, 0.15) is 5.69 Å². The van der Waals surface area contributed by atoms with Crippen LogP contribution in [0, 0.1) is 0 Å². The van der Waals surface area contributed by atoms with Crippen LogP contribution >= 0.6 is 11.3 Å². The van der Waals surface area contributed by atoms with E-state index in [9.17, 15) is 9.59 Å². The molecule has 142 valence electrons. The number of carbonyl (C=O) groups excluding carboxylic acids is 2. The zero-order valence-corrected chi connectivity index (χ0v) is 16.1. The van der Waals surface area contributed by atoms with Gasteiger partial charge < -0.3 is 15.4 Å². The number of urea groups is 1. The van der Waals surface area contributed by atoms with Crippen molar-refractivity contribution in [3.8, 4) is 16.3 Å². The van der Waals surface area contributed by atoms with E-state index in [2.05, 4.69) is 10.6 Å². The number of thiophene rings is 1. The summed E-state index contributed by atoms with van der Waals surface area (Å²) in [5, 5.41) is 12.2. The number of ether oxygens (including phenoxy) is 1. The summed E-state index contributed by atoms with van der Waals surface area (Å²) in [6.45, 7) is 1.68. The number of benzene rings is 1. The highest BCUT2D eigenvalue weighted by molar-refractivity contribution is 7.13. The van der Waals surface area contributed by atoms with Gasteiger partial charge in [0.25, 0.3) is 0 Å². The minimum Gasteiger partial charge on any atom is -0.466 e. The molecule has 28 heavy (non-hydrogen) atoms. The van der Waals surface area contributed by atoms with Gasteiger partial charge in [-0.1, -0.05) is 24.3 Å². The Hall–Kier alpha value is -3.39. The van der Waals surface area contributed by atoms with Crippen LogP contribution in [0.25, 0.3) is 16.3 Å². The van der Waals surface area contributed by atoms with E-state index in [4.69, 9.17) is 9.84 Å². The molecule has 7 nitrogen and oxygen atoms in total. The van der Waals surface area contributed by atoms with Crippen molar-refractivity contribution < 1.29 is 14.3 Å². The Morgan fingerprint density at radius 3 is 2.68 bits per heavy atom. The van der Waals surface area contributed by atoms with Crippen LogP contribution in [0.15, 0.2) is 65.3 Å². The summed E-state index contributed by atoms with van der Waals surface area (Å²) >= 11 is 1.54. The zero-order valence-electron chi connectivity index (χ0n) is 15.3. The quantitative estimate of drug-likeness (QED) is 0.664. The zero-order chi connectivity index (χ0) is 19.7. The summed E-state index contributed by atoms with van der Waals surface area (Å²) in [6.07, 6.45) is 1.84. The van der Waals surface area contributed by atoms with E-state index in [1.165, 1.54) is 7.11 Å². The molecule has 2 aromatic heterocycles. The van der Waals surface area contributed by atoms with E-state index in [0.29, 0.717) is 17.0 Å². The molecule has 0 saturated heterocycles. The van der Waals surface area contributed by atoms with Crippen LogP contribution in [0.1, 0.15) is 18.5 Å². The second-order valence-electron chi connectivity index (χ2n) is 6.25. The first-order valence-corrected chi connectivity index (χ1v) is 9.52. The Kier molecular flexibility index (Phi) is 4.70. The molecule has 1 aliphatic rings. The number of hydrogen-bond acceptors (Lipinski definition) is 5. The molecule has 0 bridgehead atoms. The molecule has 1 atom stereocenters. The fraction of sp³-hybridized carbons (Fsp3) is 0.150. The van der Waals surface area contributed by atoms with Crippen molar-refractivity contribution in [2.75, 3.05) is 7.11 Å². The van der Waals surface area contributed by atoms with Gasteiger partial charge >= 0.3 is 12.0 Å². The van der Waals surface area contributed by atoms with Gasteiger partial charge in [-0.15, -0.1) is 11.3 Å². The van der Waals surface area contributed by atoms with Crippen LogP contribution in [0.2, 0.25) is 0 Å². The van der Waals surface area contributed by atoms with Gasteiger partial charge in [-0.3, -0.25) is 0 Å². The Morgan fingerprint density at radius 1 is 1.21 bits per heavy atom. The fourth-order valence-electron chi connectivity index (χ4n) is 3.22. The molecule has 0 spiro atoms. The molecule has 0 fully saturated rings. The Bertz CT molecular complexity index is 1050. The smallest absolute Gasteiger partial charge is 0.337 e. The van der Waals surface area contributed by atoms with E-state index in [1.54, 1.807) is 22.9 Å². The first kappa shape index (κ1) is 18.0. The third-order valence-corrected chi connectivity index (χ3v) is 5.38. The van der Waals surface area contributed by atoms with Gasteiger partial charge in [-0.05, 0) is 30.5 Å². The monoisotopic (exact) mass is 394 g/mol. The number of methoxy groups -OCH3 is 1. The SMILES string of the molecule is COC(=O)C1=C(C)NC(=O)N[C@H]1c1cn(-c2ccccc2)nc1-c1cccs1. The summed E-state index contributed by atoms with van der Waals surface area (Å²) in [4.78, 5) is 25.5. The number of allylic oxidation sites excluding steroid dienone is 1. The first-order valence-electron chi connectivity index (χ1n) is 8.64. The highest BCUT2D eigenvalue weighted by Crippen LogP contribution is 2.36. The van der Waals surface area contributed by atoms with Gasteiger partial charge in [-0.2, -0.15) is 5.10 Å². The predicted octanol–water partition coefficient (Wildman–Crippen LogP) is 3.40. The molecule has 1 aromatic carbocycles. The number of amides is 2. The van der Waals surface area contributed by atoms with Crippen molar-refractivity contribution in [1.29, 1.82) is 0 Å². The van der Waals surface area contributed by atoms with Gasteiger partial charge in [0.15, 0.2) is 0 Å². The van der Waals surface area contributed by atoms with Gasteiger partial charge in [0.05, 0.1) is 29.3 Å². The molecular formula is C20H18N4O3S. The maximum absolute atomic E-state index is 12.4. The molecule has 0 radical (unpaired) electrons. The normalized spacial score (nSPS) is 16.5. The average molecular weight is 394 g/mol. The molecule has 1 aliphatic heterocycles. The number of esters is 1. The summed E-state index contributed by atoms with van der Waals surface area (Å²) in [5.41, 5.74) is 3.13. The number of nitrogens with one attached hydrogen (secondary N) is 2. The lowest BCUT2D eigenvalue weighted by molar-refractivity contribution is -0.136. The Morgan fingerprint density at radius 2 is 2.00 bits per heavy atom. The summed E-state index contributed by atoms with van der Waals surface area (Å²) in [5.74, 6) is -0.500. The van der Waals surface area contributed by atoms with E-state index in [-0.39, 0.29) is 6.03 Å². The topological polar surface area (TPSA) is 85.2 Å². The Balaban J connectivity index is 1.90. The molecule has 2 N–H and O–H groups in total. The number of para-hydroxylation sites is 1. The molecular weight excluding hydrogens is 376 g/mol. The largest absolute Gasteiger partial charge is 0.466 e. The summed E-state index contributed by atoms with van der Waals surface area (Å²) < 4.78 is 6.71. The lowest BCUT2D eigenvalue weighted by Gasteiger charge is -2.27. The minimum absolute atomic E-state index is 0.354. The minimum atomic E-state index is -0.671. The number of carbonyl (C=O) groups is 2. The highest BCUT2D eigenvalue weighted by atomic mass is 32.1. The molecule has 8 heteroatoms. The van der Waals surface area contributed by atoms with Crippen molar-refractivity contribution in [2.45, 2.75) is 13.0 Å². The summed E-state index contributed by atoms with van der Waals surface area (Å²) in [6, 6.07) is 12.5. The maximum Gasteiger partial charge on any atom is 0.337 e. The molecule has 2 amide bonds. The molecule has 0 unspecified atom stereocenters. The van der Waals surface area contributed by atoms with Crippen LogP contribution in [-0.2, 0) is 9.53 Å². The fourth-order valence-corrected chi connectivity index (χ4v) is 3.96. The summed E-state index contributed by atoms with van der Waals surface area (Å²) in [7, 11) is 1.32. The predicted molar refractivity (Wildman–Crippen MR) is 106 cm³/mol. The van der Waals surface area contributed by atoms with E-state index >= 15 is 0 Å². The second-order valence-corrected chi connectivity index (χ2v) is 7.20. The Labute approximate surface area is 165 Å². The molecule has 0 aliphatic carbocycles. The van der Waals surface area contributed by atoms with Crippen LogP contribution in [-0.4, -0.2) is 28.9 Å². The van der Waals surface area contributed by atoms with Gasteiger partial charge in [0, 0.05) is 17.5 Å².